The molecule has 0 aliphatic heterocycles. The van der Waals surface area contributed by atoms with Crippen molar-refractivity contribution in [3.63, 3.8) is 0 Å². The van der Waals surface area contributed by atoms with Crippen LogP contribution in [0, 0.1) is 0 Å². The van der Waals surface area contributed by atoms with Crippen molar-refractivity contribution in [2.24, 2.45) is 0 Å². The van der Waals surface area contributed by atoms with Gasteiger partial charge >= 0.3 is 0 Å². The first-order valence-electron chi connectivity index (χ1n) is 9.56. The minimum Gasteiger partial charge on any atom is -0.352 e. The van der Waals surface area contributed by atoms with E-state index in [9.17, 15) is 13.2 Å². The van der Waals surface area contributed by atoms with Gasteiger partial charge in [-0.2, -0.15) is 0 Å². The fourth-order valence-corrected chi connectivity index (χ4v) is 3.79. The number of carbonyl (C=O) groups is 1. The van der Waals surface area contributed by atoms with E-state index < -0.39 is 10.0 Å². The number of sulfonamides is 1. The number of nitrogens with one attached hydrogen (secondary N) is 2. The molecule has 152 valence electrons. The molecule has 0 unspecified atom stereocenters. The third-order valence-electron chi connectivity index (χ3n) is 4.51. The molecule has 0 fully saturated rings. The quantitative estimate of drug-likeness (QED) is 0.604. The first-order chi connectivity index (χ1) is 13.4. The summed E-state index contributed by atoms with van der Waals surface area (Å²) in [5.41, 5.74) is 2.26. The molecule has 2 N–H and O–H groups in total. The van der Waals surface area contributed by atoms with Crippen LogP contribution in [0.15, 0.2) is 59.5 Å². The summed E-state index contributed by atoms with van der Waals surface area (Å²) in [6.07, 6.45) is 0.0894. The van der Waals surface area contributed by atoms with Crippen LogP contribution in [0.25, 0.3) is 0 Å². The predicted molar refractivity (Wildman–Crippen MR) is 111 cm³/mol. The molecule has 2 aromatic rings. The maximum Gasteiger partial charge on any atom is 0.240 e. The lowest BCUT2D eigenvalue weighted by Gasteiger charge is -2.18. The fraction of sp³-hybridized carbons (Fsp3) is 0.381. The monoisotopic (exact) mass is 403 g/mol. The Balaban J connectivity index is 1.74. The summed E-state index contributed by atoms with van der Waals surface area (Å²) >= 11 is 0. The zero-order valence-corrected chi connectivity index (χ0v) is 17.3. The summed E-state index contributed by atoms with van der Waals surface area (Å²) in [5, 5.41) is 2.82. The summed E-state index contributed by atoms with van der Waals surface area (Å²) in [5.74, 6) is -0.192. The van der Waals surface area contributed by atoms with Gasteiger partial charge in [0.15, 0.2) is 0 Å². The van der Waals surface area contributed by atoms with Crippen molar-refractivity contribution in [3.8, 4) is 0 Å². The molecule has 0 radical (unpaired) electrons. The average Bonchev–Trinajstić information content (AvgIpc) is 2.72. The van der Waals surface area contributed by atoms with Crippen LogP contribution in [-0.4, -0.2) is 38.9 Å². The van der Waals surface area contributed by atoms with Gasteiger partial charge in [0, 0.05) is 26.1 Å². The van der Waals surface area contributed by atoms with Crippen molar-refractivity contribution in [1.29, 1.82) is 0 Å². The number of carbonyl (C=O) groups excluding carboxylic acids is 1. The van der Waals surface area contributed by atoms with E-state index in [1.165, 1.54) is 17.7 Å². The van der Waals surface area contributed by atoms with E-state index in [0.717, 1.165) is 25.2 Å². The van der Waals surface area contributed by atoms with Crippen molar-refractivity contribution >= 4 is 15.9 Å². The highest BCUT2D eigenvalue weighted by atomic mass is 32.2. The largest absolute Gasteiger partial charge is 0.352 e. The van der Waals surface area contributed by atoms with E-state index in [-0.39, 0.29) is 23.8 Å². The minimum atomic E-state index is -3.58. The molecule has 0 aromatic heterocycles. The molecule has 2 rings (SSSR count). The first kappa shape index (κ1) is 22.1. The Labute approximate surface area is 168 Å². The molecule has 0 heterocycles. The van der Waals surface area contributed by atoms with Crippen LogP contribution < -0.4 is 10.0 Å². The van der Waals surface area contributed by atoms with Gasteiger partial charge in [0.2, 0.25) is 15.9 Å². The Morgan fingerprint density at radius 3 is 2.14 bits per heavy atom. The van der Waals surface area contributed by atoms with Gasteiger partial charge in [-0.25, -0.2) is 13.1 Å². The Morgan fingerprint density at radius 2 is 1.54 bits per heavy atom. The second kappa shape index (κ2) is 10.9. The highest BCUT2D eigenvalue weighted by Crippen LogP contribution is 2.08. The molecule has 0 spiro atoms. The highest BCUT2D eigenvalue weighted by Gasteiger charge is 2.13. The van der Waals surface area contributed by atoms with Crippen LogP contribution in [-0.2, 0) is 27.9 Å². The summed E-state index contributed by atoms with van der Waals surface area (Å²) in [6, 6.07) is 16.3. The molecule has 0 aliphatic carbocycles. The van der Waals surface area contributed by atoms with E-state index in [4.69, 9.17) is 0 Å². The maximum absolute atomic E-state index is 12.1. The normalized spacial score (nSPS) is 11.5. The Hall–Kier alpha value is -2.22. The van der Waals surface area contributed by atoms with E-state index in [1.807, 2.05) is 12.1 Å². The van der Waals surface area contributed by atoms with E-state index in [2.05, 4.69) is 40.9 Å². The summed E-state index contributed by atoms with van der Waals surface area (Å²) < 4.78 is 26.6. The van der Waals surface area contributed by atoms with Gasteiger partial charge in [-0.1, -0.05) is 56.3 Å². The van der Waals surface area contributed by atoms with Crippen molar-refractivity contribution in [1.82, 2.24) is 14.9 Å². The average molecular weight is 404 g/mol. The van der Waals surface area contributed by atoms with Gasteiger partial charge < -0.3 is 5.32 Å². The smallest absolute Gasteiger partial charge is 0.240 e. The van der Waals surface area contributed by atoms with Crippen molar-refractivity contribution in [2.75, 3.05) is 19.6 Å². The van der Waals surface area contributed by atoms with Crippen LogP contribution in [0.1, 0.15) is 31.4 Å². The Kier molecular flexibility index (Phi) is 8.63. The van der Waals surface area contributed by atoms with Gasteiger partial charge in [0.25, 0.3) is 0 Å². The van der Waals surface area contributed by atoms with E-state index in [1.54, 1.807) is 18.2 Å². The van der Waals surface area contributed by atoms with Gasteiger partial charge in [-0.15, -0.1) is 0 Å². The first-order valence-corrected chi connectivity index (χ1v) is 11.0. The summed E-state index contributed by atoms with van der Waals surface area (Å²) in [6.45, 7) is 7.73. The maximum atomic E-state index is 12.1. The number of hydrogen-bond acceptors (Lipinski definition) is 4. The molecule has 2 aromatic carbocycles. The van der Waals surface area contributed by atoms with Gasteiger partial charge in [0.1, 0.15) is 0 Å². The molecule has 1 amide bonds. The van der Waals surface area contributed by atoms with Crippen molar-refractivity contribution < 1.29 is 13.2 Å². The second-order valence-corrected chi connectivity index (χ2v) is 8.28. The van der Waals surface area contributed by atoms with Crippen molar-refractivity contribution in [2.45, 2.75) is 38.3 Å². The number of hydrogen-bond donors (Lipinski definition) is 2. The topological polar surface area (TPSA) is 78.5 Å². The molecule has 28 heavy (non-hydrogen) atoms. The van der Waals surface area contributed by atoms with Crippen LogP contribution in [0.3, 0.4) is 0 Å². The number of rotatable bonds is 11. The molecule has 6 nitrogen and oxygen atoms in total. The predicted octanol–water partition coefficient (Wildman–Crippen LogP) is 2.51. The van der Waals surface area contributed by atoms with Crippen LogP contribution in [0.4, 0.5) is 0 Å². The van der Waals surface area contributed by atoms with Crippen LogP contribution >= 0.6 is 0 Å². The lowest BCUT2D eigenvalue weighted by atomic mass is 10.1. The number of amides is 1. The SMILES string of the molecule is CCN(CC)Cc1ccc(CNC(=O)CCNS(=O)(=O)c2ccccc2)cc1. The molecule has 0 aliphatic rings. The van der Waals surface area contributed by atoms with Crippen LogP contribution in [0.2, 0.25) is 0 Å². The van der Waals surface area contributed by atoms with Gasteiger partial charge in [-0.05, 0) is 36.3 Å². The lowest BCUT2D eigenvalue weighted by Crippen LogP contribution is -2.30. The summed E-state index contributed by atoms with van der Waals surface area (Å²) in [4.78, 5) is 14.5. The number of nitrogens with zero attached hydrogens (tertiary/aromatic N) is 1. The fourth-order valence-electron chi connectivity index (χ4n) is 2.74. The van der Waals surface area contributed by atoms with E-state index >= 15 is 0 Å². The third kappa shape index (κ3) is 7.07. The lowest BCUT2D eigenvalue weighted by molar-refractivity contribution is -0.121. The van der Waals surface area contributed by atoms with Crippen molar-refractivity contribution in [3.05, 3.63) is 65.7 Å². The number of benzene rings is 2. The molecule has 0 atom stereocenters. The standard InChI is InChI=1S/C21H29N3O3S/c1-3-24(4-2)17-19-12-10-18(11-13-19)16-22-21(25)14-15-23-28(26,27)20-8-6-5-7-9-20/h5-13,23H,3-4,14-17H2,1-2H3,(H,22,25). The third-order valence-corrected chi connectivity index (χ3v) is 5.99. The Bertz CT molecular complexity index is 833. The molecular weight excluding hydrogens is 374 g/mol. The molecule has 7 heteroatoms. The van der Waals surface area contributed by atoms with Gasteiger partial charge in [-0.3, -0.25) is 9.69 Å². The molecule has 0 bridgehead atoms. The molecular formula is C21H29N3O3S. The van der Waals surface area contributed by atoms with Gasteiger partial charge in [0.05, 0.1) is 4.90 Å². The van der Waals surface area contributed by atoms with Crippen LogP contribution in [0.5, 0.6) is 0 Å². The highest BCUT2D eigenvalue weighted by molar-refractivity contribution is 7.89. The molecule has 0 saturated heterocycles. The zero-order valence-electron chi connectivity index (χ0n) is 16.5. The van der Waals surface area contributed by atoms with E-state index in [0.29, 0.717) is 6.54 Å². The Morgan fingerprint density at radius 1 is 0.929 bits per heavy atom. The molecule has 0 saturated carbocycles. The summed E-state index contributed by atoms with van der Waals surface area (Å²) in [7, 11) is -3.58. The zero-order chi connectivity index (χ0) is 20.4. The second-order valence-electron chi connectivity index (χ2n) is 6.52. The minimum absolute atomic E-state index is 0.0614.